The minimum absolute atomic E-state index is 0.369. The van der Waals surface area contributed by atoms with Gasteiger partial charge in [-0.25, -0.2) is 0 Å². The molecule has 3 aromatic rings. The van der Waals surface area contributed by atoms with E-state index in [0.717, 1.165) is 57.0 Å². The molecule has 4 heterocycles. The van der Waals surface area contributed by atoms with E-state index in [1.807, 2.05) is 12.1 Å². The van der Waals surface area contributed by atoms with Crippen molar-refractivity contribution in [1.82, 2.24) is 20.2 Å². The lowest BCUT2D eigenvalue weighted by atomic mass is 10.00. The van der Waals surface area contributed by atoms with Crippen molar-refractivity contribution in [2.75, 3.05) is 49.1 Å². The molecule has 0 radical (unpaired) electrons. The maximum Gasteiger partial charge on any atom is 0.113 e. The van der Waals surface area contributed by atoms with Crippen LogP contribution in [0.1, 0.15) is 29.7 Å². The molecule has 2 atom stereocenters. The fourth-order valence-corrected chi connectivity index (χ4v) is 5.62. The summed E-state index contributed by atoms with van der Waals surface area (Å²) in [6.07, 6.45) is 3.38. The molecule has 0 aliphatic carbocycles. The van der Waals surface area contributed by atoms with Crippen LogP contribution >= 0.6 is 0 Å². The third-order valence-corrected chi connectivity index (χ3v) is 7.23. The number of piperazine rings is 2. The molecular formula is C25H27N7. The number of hydrogen-bond donors (Lipinski definition) is 1. The molecule has 2 aromatic carbocycles. The molecule has 1 aromatic heterocycles. The summed E-state index contributed by atoms with van der Waals surface area (Å²) >= 11 is 0. The van der Waals surface area contributed by atoms with Crippen LogP contribution < -0.4 is 15.1 Å². The van der Waals surface area contributed by atoms with Gasteiger partial charge >= 0.3 is 0 Å². The van der Waals surface area contributed by atoms with Gasteiger partial charge in [0.1, 0.15) is 17.1 Å². The zero-order valence-corrected chi connectivity index (χ0v) is 18.3. The van der Waals surface area contributed by atoms with Crippen LogP contribution in [0.5, 0.6) is 0 Å². The summed E-state index contributed by atoms with van der Waals surface area (Å²) in [7, 11) is 0. The number of nitrogens with zero attached hydrogens (tertiary/aromatic N) is 6. The van der Waals surface area contributed by atoms with Crippen molar-refractivity contribution in [3.05, 3.63) is 59.4 Å². The topological polar surface area (TPSA) is 71.3 Å². The van der Waals surface area contributed by atoms with E-state index in [9.17, 15) is 5.26 Å². The van der Waals surface area contributed by atoms with E-state index < -0.39 is 0 Å². The van der Waals surface area contributed by atoms with Gasteiger partial charge in [0, 0.05) is 69.9 Å². The van der Waals surface area contributed by atoms with Gasteiger partial charge in [-0.1, -0.05) is 6.07 Å². The second-order valence-corrected chi connectivity index (χ2v) is 9.06. The zero-order valence-electron chi connectivity index (χ0n) is 18.3. The molecule has 1 N–H and O–H groups in total. The zero-order chi connectivity index (χ0) is 21.7. The van der Waals surface area contributed by atoms with Crippen molar-refractivity contribution in [1.29, 1.82) is 5.26 Å². The maximum atomic E-state index is 9.48. The van der Waals surface area contributed by atoms with Gasteiger partial charge in [0.05, 0.1) is 17.3 Å². The van der Waals surface area contributed by atoms with Gasteiger partial charge in [0.15, 0.2) is 0 Å². The van der Waals surface area contributed by atoms with Crippen LogP contribution in [0.25, 0.3) is 11.0 Å². The summed E-state index contributed by atoms with van der Waals surface area (Å²) in [5, 5.41) is 12.9. The van der Waals surface area contributed by atoms with Gasteiger partial charge in [-0.15, -0.1) is 0 Å². The van der Waals surface area contributed by atoms with Crippen LogP contribution in [-0.4, -0.2) is 60.2 Å². The Labute approximate surface area is 188 Å². The van der Waals surface area contributed by atoms with Gasteiger partial charge in [0.2, 0.25) is 0 Å². The van der Waals surface area contributed by atoms with Crippen LogP contribution in [0.2, 0.25) is 0 Å². The second kappa shape index (κ2) is 7.73. The first-order chi connectivity index (χ1) is 15.7. The Morgan fingerprint density at radius 3 is 2.62 bits per heavy atom. The highest BCUT2D eigenvalue weighted by molar-refractivity contribution is 5.92. The normalized spacial score (nSPS) is 23.1. The molecule has 2 unspecified atom stereocenters. The van der Waals surface area contributed by atoms with E-state index in [4.69, 9.17) is 0 Å². The minimum atomic E-state index is 0.369. The van der Waals surface area contributed by atoms with E-state index in [1.54, 1.807) is 12.4 Å². The summed E-state index contributed by atoms with van der Waals surface area (Å²) in [4.78, 5) is 16.6. The standard InChI is InChI=1S/C25H27N7/c1-17-14-31(22-5-2-18(13-26)24-25(22)29-7-6-28-24)16-23-21-4-3-20(12-19(21)15-32(17)23)30-10-8-27-9-11-30/h2-7,12,17,23,27H,8-11,14-16H2,1H3. The molecule has 0 saturated carbocycles. The molecule has 7 nitrogen and oxygen atoms in total. The molecule has 7 heteroatoms. The van der Waals surface area contributed by atoms with Crippen molar-refractivity contribution in [3.63, 3.8) is 0 Å². The van der Waals surface area contributed by atoms with Gasteiger partial charge < -0.3 is 15.1 Å². The lowest BCUT2D eigenvalue weighted by molar-refractivity contribution is 0.134. The van der Waals surface area contributed by atoms with Crippen molar-refractivity contribution < 1.29 is 0 Å². The Hall–Kier alpha value is -3.21. The number of nitriles is 1. The fraction of sp³-hybridized carbons (Fsp3) is 0.400. The quantitative estimate of drug-likeness (QED) is 0.677. The maximum absolute atomic E-state index is 9.48. The van der Waals surface area contributed by atoms with Crippen LogP contribution in [0.4, 0.5) is 11.4 Å². The Morgan fingerprint density at radius 1 is 1.00 bits per heavy atom. The van der Waals surface area contributed by atoms with E-state index in [0.29, 0.717) is 23.2 Å². The predicted octanol–water partition coefficient (Wildman–Crippen LogP) is 2.68. The molecule has 3 aliphatic rings. The Bertz CT molecular complexity index is 1210. The lowest BCUT2D eigenvalue weighted by Crippen LogP contribution is -2.51. The average Bonchev–Trinajstić information content (AvgIpc) is 3.22. The molecular weight excluding hydrogens is 398 g/mol. The molecule has 32 heavy (non-hydrogen) atoms. The third-order valence-electron chi connectivity index (χ3n) is 7.23. The number of rotatable bonds is 2. The lowest BCUT2D eigenvalue weighted by Gasteiger charge is -2.43. The second-order valence-electron chi connectivity index (χ2n) is 9.06. The first kappa shape index (κ1) is 19.5. The van der Waals surface area contributed by atoms with Crippen LogP contribution in [0.3, 0.4) is 0 Å². The summed E-state index contributed by atoms with van der Waals surface area (Å²) in [5.74, 6) is 0. The molecule has 3 aliphatic heterocycles. The van der Waals surface area contributed by atoms with Gasteiger partial charge in [-0.05, 0) is 42.3 Å². The highest BCUT2D eigenvalue weighted by Gasteiger charge is 2.39. The van der Waals surface area contributed by atoms with Gasteiger partial charge in [-0.3, -0.25) is 14.9 Å². The molecule has 2 saturated heterocycles. The number of nitrogens with one attached hydrogen (secondary N) is 1. The Morgan fingerprint density at radius 2 is 1.81 bits per heavy atom. The number of benzene rings is 2. The van der Waals surface area contributed by atoms with Crippen molar-refractivity contribution in [2.24, 2.45) is 0 Å². The number of anilines is 2. The van der Waals surface area contributed by atoms with Crippen LogP contribution in [0.15, 0.2) is 42.7 Å². The molecule has 2 fully saturated rings. The number of fused-ring (bicyclic) bond motifs is 4. The summed E-state index contributed by atoms with van der Waals surface area (Å²) < 4.78 is 0. The highest BCUT2D eigenvalue weighted by Crippen LogP contribution is 2.42. The first-order valence-corrected chi connectivity index (χ1v) is 11.5. The van der Waals surface area contributed by atoms with Crippen molar-refractivity contribution in [3.8, 4) is 6.07 Å². The summed E-state index contributed by atoms with van der Waals surface area (Å²) in [6, 6.07) is 14.0. The summed E-state index contributed by atoms with van der Waals surface area (Å²) in [5.41, 5.74) is 7.42. The Balaban J connectivity index is 1.33. The molecule has 0 amide bonds. The molecule has 162 valence electrons. The molecule has 6 rings (SSSR count). The van der Waals surface area contributed by atoms with Crippen LogP contribution in [0, 0.1) is 11.3 Å². The smallest absolute Gasteiger partial charge is 0.113 e. The van der Waals surface area contributed by atoms with Gasteiger partial charge in [0.25, 0.3) is 0 Å². The number of aromatic nitrogens is 2. The fourth-order valence-electron chi connectivity index (χ4n) is 5.62. The van der Waals surface area contributed by atoms with Crippen molar-refractivity contribution >= 4 is 22.4 Å². The average molecular weight is 426 g/mol. The monoisotopic (exact) mass is 425 g/mol. The molecule has 0 bridgehead atoms. The largest absolute Gasteiger partial charge is 0.369 e. The minimum Gasteiger partial charge on any atom is -0.369 e. The number of hydrogen-bond acceptors (Lipinski definition) is 7. The first-order valence-electron chi connectivity index (χ1n) is 11.5. The Kier molecular flexibility index (Phi) is 4.71. The van der Waals surface area contributed by atoms with E-state index >= 15 is 0 Å². The summed E-state index contributed by atoms with van der Waals surface area (Å²) in [6.45, 7) is 9.45. The van der Waals surface area contributed by atoms with E-state index in [-0.39, 0.29) is 0 Å². The highest BCUT2D eigenvalue weighted by atomic mass is 15.3. The van der Waals surface area contributed by atoms with E-state index in [2.05, 4.69) is 61.2 Å². The van der Waals surface area contributed by atoms with Crippen molar-refractivity contribution in [2.45, 2.75) is 25.6 Å². The third kappa shape index (κ3) is 3.10. The molecule has 0 spiro atoms. The van der Waals surface area contributed by atoms with Crippen LogP contribution in [-0.2, 0) is 6.54 Å². The SMILES string of the molecule is CC1CN(c2ccc(C#N)c3nccnc23)CC2c3ccc(N4CCNCC4)cc3CN12. The predicted molar refractivity (Wildman–Crippen MR) is 126 cm³/mol. The van der Waals surface area contributed by atoms with Gasteiger partial charge in [-0.2, -0.15) is 5.26 Å². The van der Waals surface area contributed by atoms with E-state index in [1.165, 1.54) is 16.8 Å².